The first-order chi connectivity index (χ1) is 23.2. The maximum Gasteiger partial charge on any atom is 0.305 e. The highest BCUT2D eigenvalue weighted by molar-refractivity contribution is 5.69. The number of carbonyl (C=O) groups excluding carboxylic acids is 1. The van der Waals surface area contributed by atoms with E-state index in [1.54, 1.807) is 44.9 Å². The molecule has 264 valence electrons. The number of esters is 1. The number of aliphatic hydroxyl groups is 1. The van der Waals surface area contributed by atoms with Gasteiger partial charge in [-0.1, -0.05) is 77.0 Å². The van der Waals surface area contributed by atoms with Crippen molar-refractivity contribution in [3.8, 4) is 0 Å². The van der Waals surface area contributed by atoms with Gasteiger partial charge in [0, 0.05) is 13.0 Å². The van der Waals surface area contributed by atoms with Crippen LogP contribution < -0.4 is 0 Å². The predicted octanol–water partition coefficient (Wildman–Crippen LogP) is 9.47. The van der Waals surface area contributed by atoms with E-state index in [-0.39, 0.29) is 25.3 Å². The number of hydrogen-bond donors (Lipinski definition) is 1. The summed E-state index contributed by atoms with van der Waals surface area (Å²) in [6.07, 6.45) is 29.3. The summed E-state index contributed by atoms with van der Waals surface area (Å²) in [7, 11) is 0. The summed E-state index contributed by atoms with van der Waals surface area (Å²) in [5.74, 6) is 18.5. The molecule has 0 aromatic carbocycles. The Balaban J connectivity index is 0.535. The molecule has 9 saturated carbocycles. The van der Waals surface area contributed by atoms with E-state index in [0.717, 1.165) is 54.8 Å². The van der Waals surface area contributed by atoms with Crippen LogP contribution in [0.1, 0.15) is 141 Å². The molecule has 0 aliphatic heterocycles. The van der Waals surface area contributed by atoms with Crippen LogP contribution in [-0.4, -0.2) is 37.0 Å². The molecular weight excluding hydrogens is 580 g/mol. The molecule has 9 rings (SSSR count). The minimum absolute atomic E-state index is 0.0783. The van der Waals surface area contributed by atoms with E-state index in [1.165, 1.54) is 130 Å². The Morgan fingerprint density at radius 3 is 1.87 bits per heavy atom. The molecule has 16 unspecified atom stereocenters. The average molecular weight is 649 g/mol. The van der Waals surface area contributed by atoms with Crippen LogP contribution in [0.4, 0.5) is 0 Å². The van der Waals surface area contributed by atoms with E-state index in [0.29, 0.717) is 13.0 Å². The molecule has 0 bridgehead atoms. The van der Waals surface area contributed by atoms with Gasteiger partial charge in [-0.2, -0.15) is 0 Å². The number of carbonyl (C=O) groups is 1. The molecule has 47 heavy (non-hydrogen) atoms. The maximum absolute atomic E-state index is 12.3. The molecule has 1 N–H and O–H groups in total. The number of fused-ring (bicyclic) bond motifs is 17. The minimum atomic E-state index is -0.377. The third-order valence-electron chi connectivity index (χ3n) is 17.5. The summed E-state index contributed by atoms with van der Waals surface area (Å²) in [5, 5.41) is 9.70. The van der Waals surface area contributed by atoms with E-state index in [2.05, 4.69) is 0 Å². The molecule has 0 saturated heterocycles. The first-order valence-electron chi connectivity index (χ1n) is 21.6. The molecule has 0 aromatic heterocycles. The lowest BCUT2D eigenvalue weighted by molar-refractivity contribution is -0.375. The molecule has 9 aliphatic rings. The predicted molar refractivity (Wildman–Crippen MR) is 185 cm³/mol. The first-order valence-corrected chi connectivity index (χ1v) is 21.6. The van der Waals surface area contributed by atoms with Crippen LogP contribution in [0.25, 0.3) is 0 Å². The zero-order valence-electron chi connectivity index (χ0n) is 29.7. The van der Waals surface area contributed by atoms with Gasteiger partial charge < -0.3 is 14.6 Å². The van der Waals surface area contributed by atoms with Crippen LogP contribution in [-0.2, 0) is 14.3 Å². The molecule has 4 nitrogen and oxygen atoms in total. The van der Waals surface area contributed by atoms with Gasteiger partial charge in [0.1, 0.15) is 12.7 Å². The molecule has 9 aliphatic carbocycles. The summed E-state index contributed by atoms with van der Waals surface area (Å²) < 4.78 is 11.3. The molecular formula is C43H68O4. The topological polar surface area (TPSA) is 55.8 Å². The van der Waals surface area contributed by atoms with Gasteiger partial charge in [-0.3, -0.25) is 4.79 Å². The lowest BCUT2D eigenvalue weighted by Gasteiger charge is -2.85. The van der Waals surface area contributed by atoms with E-state index in [4.69, 9.17) is 9.47 Å². The molecule has 0 heterocycles. The molecule has 0 amide bonds. The SMILES string of the molecule is O=C(CCCCCCCC1CC2C1C1C3C4CCC4C3C21)OC[C@H](CO)OCCCCCCCCC1CCC2C(C1)C1C3CCC3C21. The summed E-state index contributed by atoms with van der Waals surface area (Å²) in [4.78, 5) is 12.3. The van der Waals surface area contributed by atoms with Crippen LogP contribution >= 0.6 is 0 Å². The van der Waals surface area contributed by atoms with E-state index in [1.807, 2.05) is 0 Å². The number of hydrogen-bond acceptors (Lipinski definition) is 4. The van der Waals surface area contributed by atoms with Gasteiger partial charge in [-0.05, 0) is 152 Å². The molecule has 0 aromatic rings. The Morgan fingerprint density at radius 1 is 0.553 bits per heavy atom. The number of aliphatic hydroxyl groups excluding tert-OH is 1. The normalized spacial score (nSPS) is 47.3. The molecule has 9 fully saturated rings. The van der Waals surface area contributed by atoms with E-state index >= 15 is 0 Å². The Labute approximate surface area is 286 Å². The molecule has 0 spiro atoms. The second-order valence-corrected chi connectivity index (χ2v) is 19.1. The van der Waals surface area contributed by atoms with E-state index in [9.17, 15) is 9.90 Å². The molecule has 17 atom stereocenters. The largest absolute Gasteiger partial charge is 0.463 e. The van der Waals surface area contributed by atoms with Crippen molar-refractivity contribution in [2.75, 3.05) is 19.8 Å². The Kier molecular flexibility index (Phi) is 9.51. The van der Waals surface area contributed by atoms with Crippen LogP contribution in [0.15, 0.2) is 0 Å². The summed E-state index contributed by atoms with van der Waals surface area (Å²) in [5.41, 5.74) is 0. The number of ether oxygens (including phenoxy) is 2. The highest BCUT2D eigenvalue weighted by Gasteiger charge is 2.79. The monoisotopic (exact) mass is 649 g/mol. The van der Waals surface area contributed by atoms with Crippen molar-refractivity contribution in [3.05, 3.63) is 0 Å². The van der Waals surface area contributed by atoms with Crippen molar-refractivity contribution in [2.45, 2.75) is 147 Å². The van der Waals surface area contributed by atoms with Crippen molar-refractivity contribution in [3.63, 3.8) is 0 Å². The summed E-state index contributed by atoms with van der Waals surface area (Å²) in [6, 6.07) is 0. The fourth-order valence-electron chi connectivity index (χ4n) is 15.1. The molecule has 0 radical (unpaired) electrons. The van der Waals surface area contributed by atoms with Crippen molar-refractivity contribution >= 4 is 5.97 Å². The van der Waals surface area contributed by atoms with Gasteiger partial charge in [-0.25, -0.2) is 0 Å². The van der Waals surface area contributed by atoms with Crippen molar-refractivity contribution in [1.29, 1.82) is 0 Å². The maximum atomic E-state index is 12.3. The lowest BCUT2D eigenvalue weighted by Crippen LogP contribution is -2.80. The zero-order valence-corrected chi connectivity index (χ0v) is 29.7. The van der Waals surface area contributed by atoms with Crippen molar-refractivity contribution < 1.29 is 19.4 Å². The second kappa shape index (κ2) is 13.8. The summed E-state index contributed by atoms with van der Waals surface area (Å²) >= 11 is 0. The fraction of sp³-hybridized carbons (Fsp3) is 0.977. The van der Waals surface area contributed by atoms with Crippen LogP contribution in [0.5, 0.6) is 0 Å². The Bertz CT molecular complexity index is 1080. The Morgan fingerprint density at radius 2 is 1.13 bits per heavy atom. The van der Waals surface area contributed by atoms with Gasteiger partial charge in [0.05, 0.1) is 6.61 Å². The number of unbranched alkanes of at least 4 members (excludes halogenated alkanes) is 9. The molecule has 4 heteroatoms. The highest BCUT2D eigenvalue weighted by atomic mass is 16.6. The smallest absolute Gasteiger partial charge is 0.305 e. The fourth-order valence-corrected chi connectivity index (χ4v) is 15.1. The van der Waals surface area contributed by atoms with Crippen molar-refractivity contribution in [2.24, 2.45) is 94.7 Å². The van der Waals surface area contributed by atoms with Gasteiger partial charge in [-0.15, -0.1) is 0 Å². The Hall–Kier alpha value is -0.610. The van der Waals surface area contributed by atoms with Crippen molar-refractivity contribution in [1.82, 2.24) is 0 Å². The lowest BCUT2D eigenvalue weighted by atomic mass is 9.20. The van der Waals surface area contributed by atoms with Crippen LogP contribution in [0, 0.1) is 94.7 Å². The summed E-state index contributed by atoms with van der Waals surface area (Å²) in [6.45, 7) is 0.767. The third kappa shape index (κ3) is 5.61. The second-order valence-electron chi connectivity index (χ2n) is 19.1. The first kappa shape index (κ1) is 32.3. The van der Waals surface area contributed by atoms with Crippen LogP contribution in [0.3, 0.4) is 0 Å². The van der Waals surface area contributed by atoms with E-state index < -0.39 is 0 Å². The van der Waals surface area contributed by atoms with Crippen LogP contribution in [0.2, 0.25) is 0 Å². The van der Waals surface area contributed by atoms with Gasteiger partial charge >= 0.3 is 5.97 Å². The highest BCUT2D eigenvalue weighted by Crippen LogP contribution is 2.84. The number of rotatable bonds is 21. The van der Waals surface area contributed by atoms with Gasteiger partial charge in [0.2, 0.25) is 0 Å². The quantitative estimate of drug-likeness (QED) is 0.0765. The average Bonchev–Trinajstić information content (AvgIpc) is 3.04. The standard InChI is InChI=1S/C43H68O4/c44-24-28(46-21-11-7-2-1-4-8-12-26-15-16-33-34(22-26)39-30-18-17-29(30)38(33)39)25-47-36(45)14-10-6-3-5-9-13-27-23-35-37(27)43-41-32-20-19-31(32)40(41)42(35)43/h26-35,37-44H,1-25H2/t26?,27?,28-,29?,30?,31?,32?,33?,34?,35?,37?,38?,39?,40?,41?,42?,43?/m0/s1. The third-order valence-corrected chi connectivity index (χ3v) is 17.5. The van der Waals surface area contributed by atoms with Gasteiger partial charge in [0.15, 0.2) is 0 Å². The van der Waals surface area contributed by atoms with Gasteiger partial charge in [0.25, 0.3) is 0 Å². The zero-order chi connectivity index (χ0) is 31.5. The minimum Gasteiger partial charge on any atom is -0.463 e.